The van der Waals surface area contributed by atoms with E-state index in [0.717, 1.165) is 0 Å². The van der Waals surface area contributed by atoms with E-state index in [2.05, 4.69) is 5.32 Å². The fourth-order valence-electron chi connectivity index (χ4n) is 1.18. The Bertz CT molecular complexity index is 384. The Balaban J connectivity index is 0.00000289. The van der Waals surface area contributed by atoms with Gasteiger partial charge in [-0.05, 0) is 18.4 Å². The molecule has 3 N–H and O–H groups in total. The minimum Gasteiger partial charge on any atom is -0.342 e. The number of nitrogens with one attached hydrogen (secondary N) is 1. The van der Waals surface area contributed by atoms with Crippen molar-refractivity contribution in [2.24, 2.45) is 5.73 Å². The molecule has 2 amide bonds. The number of nitrogens with two attached hydrogens (primary N) is 1. The third kappa shape index (κ3) is 4.64. The zero-order valence-electron chi connectivity index (χ0n) is 10.4. The summed E-state index contributed by atoms with van der Waals surface area (Å²) in [4.78, 5) is 25.4. The first-order valence-electron chi connectivity index (χ1n) is 5.33. The van der Waals surface area contributed by atoms with Gasteiger partial charge in [0.1, 0.15) is 0 Å². The van der Waals surface area contributed by atoms with Crippen molar-refractivity contribution >= 4 is 35.6 Å². The van der Waals surface area contributed by atoms with E-state index in [1.807, 2.05) is 12.3 Å². The Morgan fingerprint density at radius 2 is 2.22 bits per heavy atom. The lowest BCUT2D eigenvalue weighted by Gasteiger charge is -2.23. The van der Waals surface area contributed by atoms with Crippen molar-refractivity contribution in [3.05, 3.63) is 22.4 Å². The number of carbonyl (C=O) groups is 2. The summed E-state index contributed by atoms with van der Waals surface area (Å²) in [5, 5.41) is 4.40. The molecule has 1 unspecified atom stereocenters. The van der Waals surface area contributed by atoms with Crippen LogP contribution in [-0.2, 0) is 4.79 Å². The lowest BCUT2D eigenvalue weighted by atomic mass is 10.3. The molecule has 0 aliphatic heterocycles. The topological polar surface area (TPSA) is 75.4 Å². The molecule has 0 aliphatic carbocycles. The zero-order valence-corrected chi connectivity index (χ0v) is 12.0. The van der Waals surface area contributed by atoms with Crippen molar-refractivity contribution in [2.75, 3.05) is 20.1 Å². The number of carbonyl (C=O) groups excluding carboxylic acids is 2. The van der Waals surface area contributed by atoms with Crippen molar-refractivity contribution in [3.63, 3.8) is 0 Å². The van der Waals surface area contributed by atoms with Gasteiger partial charge in [-0.3, -0.25) is 9.59 Å². The molecule has 0 aromatic carbocycles. The summed E-state index contributed by atoms with van der Waals surface area (Å²) in [6.45, 7) is 2.26. The smallest absolute Gasteiger partial charge is 0.261 e. The van der Waals surface area contributed by atoms with Gasteiger partial charge < -0.3 is 16.0 Å². The average Bonchev–Trinajstić information content (AvgIpc) is 2.87. The highest BCUT2D eigenvalue weighted by atomic mass is 35.5. The fraction of sp³-hybridized carbons (Fsp3) is 0.455. The van der Waals surface area contributed by atoms with Gasteiger partial charge in [-0.2, -0.15) is 0 Å². The summed E-state index contributed by atoms with van der Waals surface area (Å²) >= 11 is 1.34. The molecule has 18 heavy (non-hydrogen) atoms. The highest BCUT2D eigenvalue weighted by Crippen LogP contribution is 2.07. The minimum atomic E-state index is -0.220. The summed E-state index contributed by atoms with van der Waals surface area (Å²) in [7, 11) is 1.68. The van der Waals surface area contributed by atoms with Crippen LogP contribution in [-0.4, -0.2) is 42.9 Å². The number of hydrogen-bond acceptors (Lipinski definition) is 4. The Kier molecular flexibility index (Phi) is 7.58. The molecule has 5 nitrogen and oxygen atoms in total. The SMILES string of the molecule is CC(CN)N(C)C(=O)CNC(=O)c1cccs1.Cl. The van der Waals surface area contributed by atoms with Crippen LogP contribution in [0.15, 0.2) is 17.5 Å². The molecule has 0 bridgehead atoms. The fourth-order valence-corrected chi connectivity index (χ4v) is 1.82. The normalized spacial score (nSPS) is 11.3. The summed E-state index contributed by atoms with van der Waals surface area (Å²) < 4.78 is 0. The highest BCUT2D eigenvalue weighted by molar-refractivity contribution is 7.12. The second-order valence-electron chi connectivity index (χ2n) is 3.75. The van der Waals surface area contributed by atoms with Gasteiger partial charge in [-0.25, -0.2) is 0 Å². The molecule has 0 spiro atoms. The van der Waals surface area contributed by atoms with E-state index < -0.39 is 0 Å². The molecule has 1 rings (SSSR count). The molecular weight excluding hydrogens is 274 g/mol. The lowest BCUT2D eigenvalue weighted by molar-refractivity contribution is -0.130. The van der Waals surface area contributed by atoms with Crippen LogP contribution in [0.1, 0.15) is 16.6 Å². The molecular formula is C11H18ClN3O2S. The van der Waals surface area contributed by atoms with E-state index in [-0.39, 0.29) is 36.8 Å². The van der Waals surface area contributed by atoms with Crippen LogP contribution in [0.3, 0.4) is 0 Å². The Morgan fingerprint density at radius 3 is 2.72 bits per heavy atom. The molecule has 102 valence electrons. The first-order valence-corrected chi connectivity index (χ1v) is 6.21. The van der Waals surface area contributed by atoms with Crippen LogP contribution >= 0.6 is 23.7 Å². The van der Waals surface area contributed by atoms with Gasteiger partial charge in [-0.1, -0.05) is 6.07 Å². The van der Waals surface area contributed by atoms with Crippen LogP contribution in [0, 0.1) is 0 Å². The maximum atomic E-state index is 11.7. The minimum absolute atomic E-state index is 0. The van der Waals surface area contributed by atoms with E-state index in [9.17, 15) is 9.59 Å². The Labute approximate surface area is 117 Å². The van der Waals surface area contributed by atoms with Crippen LogP contribution in [0.25, 0.3) is 0 Å². The first kappa shape index (κ1) is 16.9. The first-order chi connectivity index (χ1) is 8.06. The van der Waals surface area contributed by atoms with E-state index in [0.29, 0.717) is 11.4 Å². The predicted molar refractivity (Wildman–Crippen MR) is 75.2 cm³/mol. The summed E-state index contributed by atoms with van der Waals surface area (Å²) in [5.74, 6) is -0.366. The maximum absolute atomic E-state index is 11.7. The summed E-state index contributed by atoms with van der Waals surface area (Å²) in [6.07, 6.45) is 0. The number of rotatable bonds is 5. The van der Waals surface area contributed by atoms with Crippen molar-refractivity contribution in [3.8, 4) is 0 Å². The molecule has 7 heteroatoms. The zero-order chi connectivity index (χ0) is 12.8. The predicted octanol–water partition coefficient (Wildman–Crippen LogP) is 0.705. The van der Waals surface area contributed by atoms with E-state index in [1.165, 1.54) is 16.2 Å². The molecule has 1 atom stereocenters. The van der Waals surface area contributed by atoms with Crippen molar-refractivity contribution in [1.82, 2.24) is 10.2 Å². The van der Waals surface area contributed by atoms with Crippen molar-refractivity contribution < 1.29 is 9.59 Å². The van der Waals surface area contributed by atoms with E-state index >= 15 is 0 Å². The average molecular weight is 292 g/mol. The summed E-state index contributed by atoms with van der Waals surface area (Å²) in [5.41, 5.74) is 5.46. The summed E-state index contributed by atoms with van der Waals surface area (Å²) in [6, 6.07) is 3.49. The van der Waals surface area contributed by atoms with Crippen LogP contribution in [0.2, 0.25) is 0 Å². The van der Waals surface area contributed by atoms with Gasteiger partial charge in [0, 0.05) is 19.6 Å². The molecule has 0 fully saturated rings. The molecule has 0 saturated heterocycles. The van der Waals surface area contributed by atoms with Gasteiger partial charge in [0.15, 0.2) is 0 Å². The van der Waals surface area contributed by atoms with Crippen LogP contribution < -0.4 is 11.1 Å². The van der Waals surface area contributed by atoms with Gasteiger partial charge in [0.05, 0.1) is 11.4 Å². The molecule has 1 aromatic heterocycles. The standard InChI is InChI=1S/C11H17N3O2S.ClH/c1-8(6-12)14(2)10(15)7-13-11(16)9-4-3-5-17-9;/h3-5,8H,6-7,12H2,1-2H3,(H,13,16);1H. The maximum Gasteiger partial charge on any atom is 0.261 e. The van der Waals surface area contributed by atoms with E-state index in [1.54, 1.807) is 19.2 Å². The molecule has 1 heterocycles. The monoisotopic (exact) mass is 291 g/mol. The number of nitrogens with zero attached hydrogens (tertiary/aromatic N) is 1. The van der Waals surface area contributed by atoms with Crippen LogP contribution in [0.4, 0.5) is 0 Å². The van der Waals surface area contributed by atoms with Gasteiger partial charge in [0.2, 0.25) is 5.91 Å². The molecule has 0 radical (unpaired) electrons. The number of halogens is 1. The number of amides is 2. The molecule has 0 saturated carbocycles. The highest BCUT2D eigenvalue weighted by Gasteiger charge is 2.15. The quantitative estimate of drug-likeness (QED) is 0.839. The van der Waals surface area contributed by atoms with Crippen molar-refractivity contribution in [1.29, 1.82) is 0 Å². The Hall–Kier alpha value is -1.11. The third-order valence-corrected chi connectivity index (χ3v) is 3.41. The molecule has 1 aromatic rings. The number of hydrogen-bond donors (Lipinski definition) is 2. The van der Waals surface area contributed by atoms with E-state index in [4.69, 9.17) is 5.73 Å². The second-order valence-corrected chi connectivity index (χ2v) is 4.70. The van der Waals surface area contributed by atoms with Crippen molar-refractivity contribution in [2.45, 2.75) is 13.0 Å². The number of thiophene rings is 1. The second kappa shape index (κ2) is 8.07. The van der Waals surface area contributed by atoms with Crippen LogP contribution in [0.5, 0.6) is 0 Å². The van der Waals surface area contributed by atoms with Gasteiger partial charge in [-0.15, -0.1) is 23.7 Å². The largest absolute Gasteiger partial charge is 0.342 e. The van der Waals surface area contributed by atoms with Gasteiger partial charge >= 0.3 is 0 Å². The molecule has 0 aliphatic rings. The Morgan fingerprint density at radius 1 is 1.56 bits per heavy atom. The lowest BCUT2D eigenvalue weighted by Crippen LogP contribution is -2.44. The third-order valence-electron chi connectivity index (χ3n) is 2.54. The van der Waals surface area contributed by atoms with Gasteiger partial charge in [0.25, 0.3) is 5.91 Å². The number of likely N-dealkylation sites (N-methyl/N-ethyl adjacent to an activating group) is 1.